The summed E-state index contributed by atoms with van der Waals surface area (Å²) in [7, 11) is 0. The quantitative estimate of drug-likeness (QED) is 0.744. The Morgan fingerprint density at radius 2 is 1.64 bits per heavy atom. The molecule has 3 heteroatoms. The maximum absolute atomic E-state index is 9.56. The van der Waals surface area contributed by atoms with Crippen molar-refractivity contribution in [3.05, 3.63) is 65.7 Å². The summed E-state index contributed by atoms with van der Waals surface area (Å²) in [6.45, 7) is 0.558. The van der Waals surface area contributed by atoms with Crippen LogP contribution in [0, 0.1) is 11.3 Å². The molecule has 0 aliphatic heterocycles. The molecule has 0 saturated heterocycles. The number of hydrogen-bond donors (Lipinski definition) is 1. The maximum Gasteiger partial charge on any atom is 0.121 e. The van der Waals surface area contributed by atoms with Crippen LogP contribution in [0.5, 0.6) is 5.75 Å². The third-order valence-corrected chi connectivity index (χ3v) is 4.85. The number of nitrogens with one attached hydrogen (secondary N) is 1. The first kappa shape index (κ1) is 17.5. The van der Waals surface area contributed by atoms with Crippen molar-refractivity contribution in [1.29, 1.82) is 5.26 Å². The van der Waals surface area contributed by atoms with Crippen LogP contribution in [0.2, 0.25) is 0 Å². The highest BCUT2D eigenvalue weighted by Crippen LogP contribution is 2.23. The minimum atomic E-state index is -0.244. The number of nitrogens with zero attached hydrogens (tertiary/aromatic N) is 1. The number of hydrogen-bond acceptors (Lipinski definition) is 3. The molecule has 1 saturated carbocycles. The minimum absolute atomic E-state index is 0.244. The van der Waals surface area contributed by atoms with E-state index < -0.39 is 0 Å². The Hall–Kier alpha value is -2.31. The first-order chi connectivity index (χ1) is 12.3. The molecular formula is C22H26N2O. The largest absolute Gasteiger partial charge is 0.489 e. The summed E-state index contributed by atoms with van der Waals surface area (Å²) in [5.41, 5.74) is 2.16. The van der Waals surface area contributed by atoms with Crippen LogP contribution in [0.15, 0.2) is 54.6 Å². The lowest BCUT2D eigenvalue weighted by Gasteiger charge is -2.20. The average Bonchev–Trinajstić information content (AvgIpc) is 2.94. The first-order valence-corrected chi connectivity index (χ1v) is 9.27. The number of benzene rings is 2. The summed E-state index contributed by atoms with van der Waals surface area (Å²) in [5.74, 6) is 0.832. The summed E-state index contributed by atoms with van der Waals surface area (Å²) < 4.78 is 5.82. The fraction of sp³-hybridized carbons (Fsp3) is 0.409. The highest BCUT2D eigenvalue weighted by Gasteiger charge is 2.18. The fourth-order valence-electron chi connectivity index (χ4n) is 3.39. The van der Waals surface area contributed by atoms with Crippen molar-refractivity contribution < 1.29 is 4.74 Å². The van der Waals surface area contributed by atoms with Crippen LogP contribution in [0.3, 0.4) is 0 Å². The zero-order valence-electron chi connectivity index (χ0n) is 14.7. The molecule has 25 heavy (non-hydrogen) atoms. The van der Waals surface area contributed by atoms with Gasteiger partial charge in [-0.3, -0.25) is 5.32 Å². The van der Waals surface area contributed by atoms with E-state index in [0.29, 0.717) is 12.6 Å². The molecule has 0 radical (unpaired) electrons. The molecule has 1 atom stereocenters. The van der Waals surface area contributed by atoms with E-state index in [2.05, 4.69) is 23.5 Å². The van der Waals surface area contributed by atoms with E-state index in [-0.39, 0.29) is 6.04 Å². The Morgan fingerprint density at radius 1 is 0.960 bits per heavy atom. The van der Waals surface area contributed by atoms with E-state index in [9.17, 15) is 5.26 Å². The smallest absolute Gasteiger partial charge is 0.121 e. The van der Waals surface area contributed by atoms with Gasteiger partial charge in [-0.05, 0) is 36.1 Å². The predicted molar refractivity (Wildman–Crippen MR) is 100 cm³/mol. The lowest BCUT2D eigenvalue weighted by atomic mass is 10.0. The molecule has 0 aromatic heterocycles. The van der Waals surface area contributed by atoms with Gasteiger partial charge >= 0.3 is 0 Å². The summed E-state index contributed by atoms with van der Waals surface area (Å²) in [6, 6.07) is 20.7. The Kier molecular flexibility index (Phi) is 6.48. The molecule has 1 unspecified atom stereocenters. The van der Waals surface area contributed by atoms with Crippen LogP contribution in [-0.4, -0.2) is 6.04 Å². The van der Waals surface area contributed by atoms with Crippen LogP contribution in [0.1, 0.15) is 55.7 Å². The van der Waals surface area contributed by atoms with Crippen molar-refractivity contribution in [3.8, 4) is 11.8 Å². The number of rotatable bonds is 6. The summed E-state index contributed by atoms with van der Waals surface area (Å²) in [4.78, 5) is 0. The molecule has 1 N–H and O–H groups in total. The van der Waals surface area contributed by atoms with Crippen LogP contribution in [0.4, 0.5) is 0 Å². The molecule has 1 fully saturated rings. The zero-order valence-corrected chi connectivity index (χ0v) is 14.7. The Bertz CT molecular complexity index is 667. The molecule has 3 rings (SSSR count). The topological polar surface area (TPSA) is 45.0 Å². The van der Waals surface area contributed by atoms with Crippen molar-refractivity contribution >= 4 is 0 Å². The summed E-state index contributed by atoms with van der Waals surface area (Å²) in [6.07, 6.45) is 7.53. The zero-order chi connectivity index (χ0) is 17.3. The standard InChI is InChI=1S/C22H26N2O/c23-16-22(24-20-10-6-1-2-7-11-20)19-12-14-21(15-13-19)25-17-18-8-4-3-5-9-18/h3-5,8-9,12-15,20,22,24H,1-2,6-7,10-11,17H2. The SMILES string of the molecule is N#CC(NC1CCCCCC1)c1ccc(OCc2ccccc2)cc1. The van der Waals surface area contributed by atoms with Gasteiger partial charge in [0.2, 0.25) is 0 Å². The van der Waals surface area contributed by atoms with E-state index in [1.165, 1.54) is 38.5 Å². The molecule has 0 heterocycles. The second kappa shape index (κ2) is 9.25. The van der Waals surface area contributed by atoms with Gasteiger partial charge in [0.25, 0.3) is 0 Å². The van der Waals surface area contributed by atoms with E-state index in [1.807, 2.05) is 42.5 Å². The third kappa shape index (κ3) is 5.34. The highest BCUT2D eigenvalue weighted by atomic mass is 16.5. The van der Waals surface area contributed by atoms with Gasteiger partial charge in [0, 0.05) is 6.04 Å². The van der Waals surface area contributed by atoms with Gasteiger partial charge in [0.1, 0.15) is 18.4 Å². The van der Waals surface area contributed by atoms with E-state index >= 15 is 0 Å². The molecule has 2 aromatic carbocycles. The molecule has 0 spiro atoms. The van der Waals surface area contributed by atoms with E-state index in [1.54, 1.807) is 0 Å². The Balaban J connectivity index is 1.57. The van der Waals surface area contributed by atoms with Crippen molar-refractivity contribution in [2.45, 2.75) is 57.2 Å². The summed E-state index contributed by atoms with van der Waals surface area (Å²) >= 11 is 0. The van der Waals surface area contributed by atoms with Gasteiger partial charge in [0.05, 0.1) is 6.07 Å². The van der Waals surface area contributed by atoms with Gasteiger partial charge in [-0.2, -0.15) is 5.26 Å². The van der Waals surface area contributed by atoms with Crippen LogP contribution >= 0.6 is 0 Å². The number of ether oxygens (including phenoxy) is 1. The molecular weight excluding hydrogens is 308 g/mol. The Morgan fingerprint density at radius 3 is 2.28 bits per heavy atom. The molecule has 0 bridgehead atoms. The molecule has 1 aliphatic rings. The molecule has 130 valence electrons. The van der Waals surface area contributed by atoms with E-state index in [0.717, 1.165) is 16.9 Å². The second-order valence-corrected chi connectivity index (χ2v) is 6.76. The second-order valence-electron chi connectivity index (χ2n) is 6.76. The summed E-state index contributed by atoms with van der Waals surface area (Å²) in [5, 5.41) is 13.1. The highest BCUT2D eigenvalue weighted by molar-refractivity contribution is 5.32. The molecule has 2 aromatic rings. The first-order valence-electron chi connectivity index (χ1n) is 9.27. The van der Waals surface area contributed by atoms with Crippen molar-refractivity contribution in [3.63, 3.8) is 0 Å². The lowest BCUT2D eigenvalue weighted by Crippen LogP contribution is -2.31. The predicted octanol–water partition coefficient (Wildman–Crippen LogP) is 5.14. The van der Waals surface area contributed by atoms with Crippen molar-refractivity contribution in [2.75, 3.05) is 0 Å². The fourth-order valence-corrected chi connectivity index (χ4v) is 3.39. The van der Waals surface area contributed by atoms with Crippen molar-refractivity contribution in [2.24, 2.45) is 0 Å². The normalized spacial score (nSPS) is 16.6. The van der Waals surface area contributed by atoms with Gasteiger partial charge < -0.3 is 4.74 Å². The van der Waals surface area contributed by atoms with Gasteiger partial charge in [0.15, 0.2) is 0 Å². The minimum Gasteiger partial charge on any atom is -0.489 e. The maximum atomic E-state index is 9.56. The monoisotopic (exact) mass is 334 g/mol. The van der Waals surface area contributed by atoms with Crippen LogP contribution in [0.25, 0.3) is 0 Å². The van der Waals surface area contributed by atoms with Crippen molar-refractivity contribution in [1.82, 2.24) is 5.32 Å². The van der Waals surface area contributed by atoms with Crippen LogP contribution in [-0.2, 0) is 6.61 Å². The lowest BCUT2D eigenvalue weighted by molar-refractivity contribution is 0.306. The van der Waals surface area contributed by atoms with Gasteiger partial charge in [-0.25, -0.2) is 0 Å². The molecule has 1 aliphatic carbocycles. The van der Waals surface area contributed by atoms with Gasteiger partial charge in [-0.1, -0.05) is 68.1 Å². The molecule has 3 nitrogen and oxygen atoms in total. The Labute approximate surface area is 150 Å². The third-order valence-electron chi connectivity index (χ3n) is 4.85. The average molecular weight is 334 g/mol. The molecule has 0 amide bonds. The van der Waals surface area contributed by atoms with Gasteiger partial charge in [-0.15, -0.1) is 0 Å². The number of nitriles is 1. The van der Waals surface area contributed by atoms with Crippen LogP contribution < -0.4 is 10.1 Å². The van der Waals surface area contributed by atoms with E-state index in [4.69, 9.17) is 4.74 Å².